The van der Waals surface area contributed by atoms with Crippen molar-refractivity contribution in [3.05, 3.63) is 40.6 Å². The zero-order chi connectivity index (χ0) is 22.1. The van der Waals surface area contributed by atoms with E-state index >= 15 is 0 Å². The minimum absolute atomic E-state index is 0.00272. The standard InChI is InChI=1S/C21H33N5O4S/c27-26(28)16-21(24-18-11-5-2-1-3-6-12-18)25-31(29,30)20-15-22-14-13-19(20)23-17-9-7-4-8-10-17/h13-18,24-25H,1-12H2,(H,22,23)/b21-16+. The molecule has 0 spiro atoms. The van der Waals surface area contributed by atoms with Gasteiger partial charge < -0.3 is 10.6 Å². The van der Waals surface area contributed by atoms with E-state index in [1.165, 1.54) is 19.0 Å². The summed E-state index contributed by atoms with van der Waals surface area (Å²) in [4.78, 5) is 14.5. The van der Waals surface area contributed by atoms with Crippen molar-refractivity contribution in [1.29, 1.82) is 0 Å². The molecular weight excluding hydrogens is 418 g/mol. The van der Waals surface area contributed by atoms with Crippen molar-refractivity contribution < 1.29 is 13.3 Å². The number of pyridine rings is 1. The molecule has 10 heteroatoms. The van der Waals surface area contributed by atoms with Crippen molar-refractivity contribution in [2.75, 3.05) is 5.32 Å². The number of aromatic nitrogens is 1. The van der Waals surface area contributed by atoms with Crippen LogP contribution in [0.2, 0.25) is 0 Å². The summed E-state index contributed by atoms with van der Waals surface area (Å²) in [6.07, 6.45) is 16.2. The Labute approximate surface area is 184 Å². The first-order valence-corrected chi connectivity index (χ1v) is 12.8. The summed E-state index contributed by atoms with van der Waals surface area (Å²) in [7, 11) is -4.06. The van der Waals surface area contributed by atoms with Gasteiger partial charge in [-0.2, -0.15) is 0 Å². The average Bonchev–Trinajstić information content (AvgIpc) is 2.70. The van der Waals surface area contributed by atoms with Gasteiger partial charge >= 0.3 is 0 Å². The molecule has 0 amide bonds. The molecule has 31 heavy (non-hydrogen) atoms. The maximum atomic E-state index is 13.2. The van der Waals surface area contributed by atoms with E-state index in [2.05, 4.69) is 20.3 Å². The molecule has 9 nitrogen and oxygen atoms in total. The van der Waals surface area contributed by atoms with Crippen molar-refractivity contribution in [2.45, 2.75) is 94.0 Å². The van der Waals surface area contributed by atoms with Gasteiger partial charge in [0.2, 0.25) is 0 Å². The molecule has 0 unspecified atom stereocenters. The Morgan fingerprint density at radius 2 is 1.58 bits per heavy atom. The number of sulfonamides is 1. The number of rotatable bonds is 8. The second-order valence-corrected chi connectivity index (χ2v) is 10.1. The first kappa shape index (κ1) is 23.3. The lowest BCUT2D eigenvalue weighted by molar-refractivity contribution is -0.404. The number of nitrogens with one attached hydrogen (secondary N) is 3. The molecule has 1 aromatic heterocycles. The van der Waals surface area contributed by atoms with Gasteiger partial charge in [-0.1, -0.05) is 51.4 Å². The summed E-state index contributed by atoms with van der Waals surface area (Å²) < 4.78 is 28.7. The van der Waals surface area contributed by atoms with Crippen LogP contribution in [0.25, 0.3) is 0 Å². The molecular formula is C21H33N5O4S. The van der Waals surface area contributed by atoms with E-state index in [0.29, 0.717) is 11.9 Å². The van der Waals surface area contributed by atoms with Crippen molar-refractivity contribution in [2.24, 2.45) is 0 Å². The van der Waals surface area contributed by atoms with Crippen LogP contribution in [0.15, 0.2) is 35.4 Å². The molecule has 2 aliphatic carbocycles. The minimum atomic E-state index is -4.06. The Morgan fingerprint density at radius 1 is 1.00 bits per heavy atom. The Kier molecular flexibility index (Phi) is 8.51. The first-order valence-electron chi connectivity index (χ1n) is 11.3. The summed E-state index contributed by atoms with van der Waals surface area (Å²) in [5.74, 6) is -0.108. The van der Waals surface area contributed by atoms with E-state index < -0.39 is 14.9 Å². The molecule has 0 aliphatic heterocycles. The maximum absolute atomic E-state index is 13.2. The highest BCUT2D eigenvalue weighted by Crippen LogP contribution is 2.26. The number of nitrogens with zero attached hydrogens (tertiary/aromatic N) is 2. The minimum Gasteiger partial charge on any atom is -0.381 e. The SMILES string of the molecule is O=[N+]([O-])/C=C(\NC1CCCCCCC1)NS(=O)(=O)c1cnccc1NC1CCCCC1. The normalized spacial score (nSPS) is 19.8. The van der Waals surface area contributed by atoms with Crippen LogP contribution in [0.1, 0.15) is 77.0 Å². The lowest BCUT2D eigenvalue weighted by Gasteiger charge is -2.25. The molecule has 3 N–H and O–H groups in total. The highest BCUT2D eigenvalue weighted by atomic mass is 32.2. The second-order valence-electron chi connectivity index (χ2n) is 8.47. The third-order valence-electron chi connectivity index (χ3n) is 5.98. The molecule has 1 aromatic rings. The molecule has 0 bridgehead atoms. The van der Waals surface area contributed by atoms with E-state index in [-0.39, 0.29) is 22.8 Å². The molecule has 0 saturated heterocycles. The highest BCUT2D eigenvalue weighted by molar-refractivity contribution is 7.89. The van der Waals surface area contributed by atoms with Crippen molar-refractivity contribution in [1.82, 2.24) is 15.0 Å². The van der Waals surface area contributed by atoms with E-state index in [1.54, 1.807) is 12.3 Å². The molecule has 0 radical (unpaired) electrons. The van der Waals surface area contributed by atoms with Gasteiger partial charge in [0.15, 0.2) is 5.82 Å². The second kappa shape index (κ2) is 11.3. The largest absolute Gasteiger partial charge is 0.381 e. The first-order chi connectivity index (χ1) is 14.9. The summed E-state index contributed by atoms with van der Waals surface area (Å²) in [6.45, 7) is 0. The molecule has 0 aromatic carbocycles. The summed E-state index contributed by atoms with van der Waals surface area (Å²) in [6, 6.07) is 1.86. The van der Waals surface area contributed by atoms with Crippen LogP contribution in [0, 0.1) is 10.1 Å². The quantitative estimate of drug-likeness (QED) is 0.404. The van der Waals surface area contributed by atoms with Crippen LogP contribution < -0.4 is 15.4 Å². The summed E-state index contributed by atoms with van der Waals surface area (Å²) in [5.41, 5.74) is 0.473. The summed E-state index contributed by atoms with van der Waals surface area (Å²) >= 11 is 0. The van der Waals surface area contributed by atoms with Crippen molar-refractivity contribution in [3.8, 4) is 0 Å². The van der Waals surface area contributed by atoms with E-state index in [9.17, 15) is 18.5 Å². The van der Waals surface area contributed by atoms with Crippen molar-refractivity contribution in [3.63, 3.8) is 0 Å². The average molecular weight is 452 g/mol. The molecule has 3 rings (SSSR count). The van der Waals surface area contributed by atoms with Gasteiger partial charge in [0.25, 0.3) is 16.2 Å². The Hall–Kier alpha value is -2.36. The molecule has 0 atom stereocenters. The van der Waals surface area contributed by atoms with Gasteiger partial charge in [-0.15, -0.1) is 0 Å². The Balaban J connectivity index is 1.76. The maximum Gasteiger partial charge on any atom is 0.275 e. The number of hydrogen-bond acceptors (Lipinski definition) is 7. The van der Waals surface area contributed by atoms with E-state index in [4.69, 9.17) is 0 Å². The predicted molar refractivity (Wildman–Crippen MR) is 119 cm³/mol. The number of anilines is 1. The van der Waals surface area contributed by atoms with Crippen LogP contribution in [-0.4, -0.2) is 30.4 Å². The van der Waals surface area contributed by atoms with Gasteiger partial charge in [0.05, 0.1) is 10.6 Å². The van der Waals surface area contributed by atoms with Crippen LogP contribution in [0.5, 0.6) is 0 Å². The zero-order valence-electron chi connectivity index (χ0n) is 17.9. The van der Waals surface area contributed by atoms with Crippen molar-refractivity contribution >= 4 is 15.7 Å². The topological polar surface area (TPSA) is 126 Å². The van der Waals surface area contributed by atoms with Crippen LogP contribution in [0.3, 0.4) is 0 Å². The third-order valence-corrected chi connectivity index (χ3v) is 7.38. The molecule has 2 aliphatic rings. The molecule has 2 saturated carbocycles. The van der Waals surface area contributed by atoms with Crippen LogP contribution in [0.4, 0.5) is 5.69 Å². The van der Waals surface area contributed by atoms with Gasteiger partial charge in [-0.3, -0.25) is 19.8 Å². The summed E-state index contributed by atoms with van der Waals surface area (Å²) in [5, 5.41) is 17.6. The van der Waals surface area contributed by atoms with Gasteiger partial charge in [0, 0.05) is 24.5 Å². The van der Waals surface area contributed by atoms with Gasteiger partial charge in [-0.25, -0.2) is 8.42 Å². The van der Waals surface area contributed by atoms with Crippen LogP contribution in [-0.2, 0) is 10.0 Å². The monoisotopic (exact) mass is 451 g/mol. The predicted octanol–water partition coefficient (Wildman–Crippen LogP) is 3.88. The van der Waals surface area contributed by atoms with Gasteiger partial charge in [-0.05, 0) is 31.7 Å². The molecule has 2 fully saturated rings. The number of nitro groups is 1. The van der Waals surface area contributed by atoms with Crippen LogP contribution >= 0.6 is 0 Å². The fraction of sp³-hybridized carbons (Fsp3) is 0.667. The lowest BCUT2D eigenvalue weighted by atomic mass is 9.95. The molecule has 1 heterocycles. The fourth-order valence-electron chi connectivity index (χ4n) is 4.40. The number of hydrogen-bond donors (Lipinski definition) is 3. The fourth-order valence-corrected chi connectivity index (χ4v) is 5.53. The Morgan fingerprint density at radius 3 is 2.23 bits per heavy atom. The van der Waals surface area contributed by atoms with E-state index in [1.807, 2.05) is 0 Å². The molecule has 172 valence electrons. The van der Waals surface area contributed by atoms with Gasteiger partial charge in [0.1, 0.15) is 4.90 Å². The van der Waals surface area contributed by atoms with E-state index in [0.717, 1.165) is 64.2 Å². The smallest absolute Gasteiger partial charge is 0.275 e. The highest BCUT2D eigenvalue weighted by Gasteiger charge is 2.25. The lowest BCUT2D eigenvalue weighted by Crippen LogP contribution is -2.38. The third kappa shape index (κ3) is 7.37. The Bertz CT molecular complexity index is 860. The zero-order valence-corrected chi connectivity index (χ0v) is 18.7.